The van der Waals surface area contributed by atoms with E-state index in [0.717, 1.165) is 0 Å². The van der Waals surface area contributed by atoms with E-state index in [9.17, 15) is 10.1 Å². The van der Waals surface area contributed by atoms with Crippen LogP contribution in [-0.2, 0) is 0 Å². The lowest BCUT2D eigenvalue weighted by Gasteiger charge is -2.11. The van der Waals surface area contributed by atoms with Crippen molar-refractivity contribution >= 4 is 29.0 Å². The molecule has 0 aromatic heterocycles. The second-order valence-electron chi connectivity index (χ2n) is 4.33. The van der Waals surface area contributed by atoms with Crippen molar-refractivity contribution in [3.8, 4) is 11.8 Å². The molecule has 0 aliphatic carbocycles. The molecular weight excluding hydrogens is 309 g/mol. The molecular formula is C16H11Cl2NO2. The average Bonchev–Trinajstić information content (AvgIpc) is 2.50. The largest absolute Gasteiger partial charge is 0.497 e. The van der Waals surface area contributed by atoms with Crippen LogP contribution in [0.4, 0.5) is 0 Å². The Morgan fingerprint density at radius 1 is 1.24 bits per heavy atom. The van der Waals surface area contributed by atoms with Crippen LogP contribution in [0.2, 0.25) is 10.0 Å². The third-order valence-corrected chi connectivity index (χ3v) is 3.58. The Bertz CT molecular complexity index is 722. The van der Waals surface area contributed by atoms with Gasteiger partial charge in [-0.3, -0.25) is 4.79 Å². The number of nitriles is 1. The molecule has 0 radical (unpaired) electrons. The Morgan fingerprint density at radius 3 is 2.67 bits per heavy atom. The van der Waals surface area contributed by atoms with Crippen LogP contribution < -0.4 is 4.74 Å². The highest BCUT2D eigenvalue weighted by Crippen LogP contribution is 2.28. The second kappa shape index (κ2) is 6.62. The van der Waals surface area contributed by atoms with E-state index >= 15 is 0 Å². The average molecular weight is 320 g/mol. The predicted molar refractivity (Wildman–Crippen MR) is 82.1 cm³/mol. The van der Waals surface area contributed by atoms with Crippen molar-refractivity contribution in [1.29, 1.82) is 5.26 Å². The summed E-state index contributed by atoms with van der Waals surface area (Å²) in [6.45, 7) is 0. The number of halogens is 2. The number of ether oxygens (including phenoxy) is 1. The maximum Gasteiger partial charge on any atom is 0.186 e. The smallest absolute Gasteiger partial charge is 0.186 e. The number of hydrogen-bond acceptors (Lipinski definition) is 3. The van der Waals surface area contributed by atoms with Gasteiger partial charge in [-0.25, -0.2) is 0 Å². The molecule has 1 atom stereocenters. The topological polar surface area (TPSA) is 50.1 Å². The molecule has 0 saturated carbocycles. The summed E-state index contributed by atoms with van der Waals surface area (Å²) in [6, 6.07) is 13.4. The van der Waals surface area contributed by atoms with E-state index in [2.05, 4.69) is 0 Å². The summed E-state index contributed by atoms with van der Waals surface area (Å²) in [4.78, 5) is 12.5. The molecule has 0 saturated heterocycles. The number of carbonyl (C=O) groups excluding carboxylic acids is 1. The minimum atomic E-state index is -0.962. The minimum absolute atomic E-state index is 0.235. The molecule has 0 amide bonds. The molecule has 0 aliphatic rings. The Kier molecular flexibility index (Phi) is 4.85. The van der Waals surface area contributed by atoms with E-state index in [1.165, 1.54) is 19.2 Å². The fourth-order valence-corrected chi connectivity index (χ4v) is 2.33. The van der Waals surface area contributed by atoms with Gasteiger partial charge in [0.2, 0.25) is 0 Å². The van der Waals surface area contributed by atoms with Crippen LogP contribution in [0.3, 0.4) is 0 Å². The number of ketones is 1. The zero-order valence-electron chi connectivity index (χ0n) is 11.1. The maximum atomic E-state index is 12.5. The summed E-state index contributed by atoms with van der Waals surface area (Å²) in [5, 5.41) is 10.0. The van der Waals surface area contributed by atoms with Crippen molar-refractivity contribution in [1.82, 2.24) is 0 Å². The fourth-order valence-electron chi connectivity index (χ4n) is 1.95. The Morgan fingerprint density at radius 2 is 2.00 bits per heavy atom. The van der Waals surface area contributed by atoms with Crippen LogP contribution in [-0.4, -0.2) is 12.9 Å². The van der Waals surface area contributed by atoms with Crippen LogP contribution >= 0.6 is 23.2 Å². The van der Waals surface area contributed by atoms with E-state index in [-0.39, 0.29) is 10.6 Å². The normalized spacial score (nSPS) is 11.5. The lowest BCUT2D eigenvalue weighted by atomic mass is 9.91. The number of benzene rings is 2. The molecule has 0 N–H and O–H groups in total. The van der Waals surface area contributed by atoms with Gasteiger partial charge in [0.1, 0.15) is 11.7 Å². The van der Waals surface area contributed by atoms with Crippen LogP contribution in [0.5, 0.6) is 5.75 Å². The van der Waals surface area contributed by atoms with Gasteiger partial charge >= 0.3 is 0 Å². The standard InChI is InChI=1S/C16H11Cl2NO2/c1-21-12-4-2-3-10(7-12)14(9-19)16(20)13-8-11(17)5-6-15(13)18/h2-8,14H,1H3. The van der Waals surface area contributed by atoms with Crippen molar-refractivity contribution in [3.63, 3.8) is 0 Å². The quantitative estimate of drug-likeness (QED) is 0.780. The molecule has 21 heavy (non-hydrogen) atoms. The predicted octanol–water partition coefficient (Wildman–Crippen LogP) is 4.49. The lowest BCUT2D eigenvalue weighted by molar-refractivity contribution is 0.0979. The molecule has 0 spiro atoms. The van der Waals surface area contributed by atoms with E-state index in [1.54, 1.807) is 30.3 Å². The highest BCUT2D eigenvalue weighted by molar-refractivity contribution is 6.36. The molecule has 2 aromatic carbocycles. The zero-order valence-corrected chi connectivity index (χ0v) is 12.7. The summed E-state index contributed by atoms with van der Waals surface area (Å²) in [6.07, 6.45) is 0. The SMILES string of the molecule is COc1cccc(C(C#N)C(=O)c2cc(Cl)ccc2Cl)c1. The Hall–Kier alpha value is -2.02. The number of Topliss-reactive ketones (excluding diaryl/α,β-unsaturated/α-hetero) is 1. The van der Waals surface area contributed by atoms with Crippen LogP contribution in [0.15, 0.2) is 42.5 Å². The second-order valence-corrected chi connectivity index (χ2v) is 5.17. The number of carbonyl (C=O) groups is 1. The highest BCUT2D eigenvalue weighted by atomic mass is 35.5. The van der Waals surface area contributed by atoms with Gasteiger partial charge < -0.3 is 4.74 Å². The zero-order chi connectivity index (χ0) is 15.4. The van der Waals surface area contributed by atoms with Crippen molar-refractivity contribution in [2.24, 2.45) is 0 Å². The monoisotopic (exact) mass is 319 g/mol. The maximum absolute atomic E-state index is 12.5. The molecule has 0 aliphatic heterocycles. The summed E-state index contributed by atoms with van der Waals surface area (Å²) >= 11 is 11.9. The van der Waals surface area contributed by atoms with Crippen molar-refractivity contribution < 1.29 is 9.53 Å². The molecule has 2 rings (SSSR count). The van der Waals surface area contributed by atoms with E-state index in [4.69, 9.17) is 27.9 Å². The van der Waals surface area contributed by atoms with Crippen molar-refractivity contribution in [2.45, 2.75) is 5.92 Å². The Balaban J connectivity index is 2.43. The van der Waals surface area contributed by atoms with Gasteiger partial charge in [-0.2, -0.15) is 5.26 Å². The van der Waals surface area contributed by atoms with Gasteiger partial charge in [0.05, 0.1) is 18.2 Å². The van der Waals surface area contributed by atoms with Gasteiger partial charge in [0.15, 0.2) is 5.78 Å². The third-order valence-electron chi connectivity index (χ3n) is 3.01. The first-order valence-corrected chi connectivity index (χ1v) is 6.85. The molecule has 0 bridgehead atoms. The first kappa shape index (κ1) is 15.4. The Labute approximate surface area is 132 Å². The molecule has 5 heteroatoms. The number of rotatable bonds is 4. The highest BCUT2D eigenvalue weighted by Gasteiger charge is 2.24. The van der Waals surface area contributed by atoms with Gasteiger partial charge in [-0.05, 0) is 35.9 Å². The van der Waals surface area contributed by atoms with Crippen LogP contribution in [0, 0.1) is 11.3 Å². The lowest BCUT2D eigenvalue weighted by Crippen LogP contribution is -2.12. The van der Waals surface area contributed by atoms with E-state index < -0.39 is 11.7 Å². The summed E-state index contributed by atoms with van der Waals surface area (Å²) in [5.41, 5.74) is 0.788. The van der Waals surface area contributed by atoms with Crippen LogP contribution in [0.1, 0.15) is 21.8 Å². The summed E-state index contributed by atoms with van der Waals surface area (Å²) in [5.74, 6) is -0.771. The molecule has 0 heterocycles. The number of hydrogen-bond donors (Lipinski definition) is 0. The van der Waals surface area contributed by atoms with Gasteiger partial charge in [0.25, 0.3) is 0 Å². The molecule has 3 nitrogen and oxygen atoms in total. The van der Waals surface area contributed by atoms with Crippen LogP contribution in [0.25, 0.3) is 0 Å². The molecule has 1 unspecified atom stereocenters. The van der Waals surface area contributed by atoms with E-state index in [1.807, 2.05) is 6.07 Å². The number of nitrogens with zero attached hydrogens (tertiary/aromatic N) is 1. The first-order valence-electron chi connectivity index (χ1n) is 6.09. The third kappa shape index (κ3) is 3.36. The fraction of sp³-hybridized carbons (Fsp3) is 0.125. The first-order chi connectivity index (χ1) is 10.1. The molecule has 0 fully saturated rings. The summed E-state index contributed by atoms with van der Waals surface area (Å²) < 4.78 is 5.11. The molecule has 2 aromatic rings. The van der Waals surface area contributed by atoms with Crippen molar-refractivity contribution in [3.05, 3.63) is 63.6 Å². The van der Waals surface area contributed by atoms with E-state index in [0.29, 0.717) is 16.3 Å². The summed E-state index contributed by atoms with van der Waals surface area (Å²) in [7, 11) is 1.52. The van der Waals surface area contributed by atoms with Gasteiger partial charge in [0, 0.05) is 10.6 Å². The molecule has 106 valence electrons. The minimum Gasteiger partial charge on any atom is -0.497 e. The van der Waals surface area contributed by atoms with Gasteiger partial charge in [-0.1, -0.05) is 35.3 Å². The van der Waals surface area contributed by atoms with Crippen molar-refractivity contribution in [2.75, 3.05) is 7.11 Å². The number of methoxy groups -OCH3 is 1. The van der Waals surface area contributed by atoms with Gasteiger partial charge in [-0.15, -0.1) is 0 Å².